The summed E-state index contributed by atoms with van der Waals surface area (Å²) in [5.41, 5.74) is 0. The van der Waals surface area contributed by atoms with Crippen LogP contribution in [0, 0.1) is 5.92 Å². The van der Waals surface area contributed by atoms with E-state index in [2.05, 4.69) is 15.6 Å². The van der Waals surface area contributed by atoms with Crippen LogP contribution in [0.25, 0.3) is 0 Å². The molecule has 2 amide bonds. The van der Waals surface area contributed by atoms with Crippen molar-refractivity contribution in [1.82, 2.24) is 25.2 Å². The first-order chi connectivity index (χ1) is 10.3. The van der Waals surface area contributed by atoms with Gasteiger partial charge in [-0.25, -0.2) is 0 Å². The van der Waals surface area contributed by atoms with Crippen molar-refractivity contribution in [1.29, 1.82) is 0 Å². The molecule has 1 unspecified atom stereocenters. The van der Waals surface area contributed by atoms with E-state index in [4.69, 9.17) is 0 Å². The molecule has 0 aromatic carbocycles. The fourth-order valence-electron chi connectivity index (χ4n) is 2.80. The Morgan fingerprint density at radius 1 is 1.24 bits per heavy atom. The monoisotopic (exact) mass is 291 g/mol. The van der Waals surface area contributed by atoms with Crippen molar-refractivity contribution >= 4 is 11.8 Å². The Labute approximate surface area is 123 Å². The zero-order valence-corrected chi connectivity index (χ0v) is 12.1. The van der Waals surface area contributed by atoms with Gasteiger partial charge in [0.1, 0.15) is 6.04 Å². The van der Waals surface area contributed by atoms with E-state index in [1.54, 1.807) is 22.0 Å². The zero-order chi connectivity index (χ0) is 14.7. The van der Waals surface area contributed by atoms with Crippen LogP contribution in [0.2, 0.25) is 0 Å². The molecule has 1 aliphatic carbocycles. The maximum atomic E-state index is 12.3. The summed E-state index contributed by atoms with van der Waals surface area (Å²) >= 11 is 0. The molecule has 1 aliphatic heterocycles. The Morgan fingerprint density at radius 2 is 2.10 bits per heavy atom. The third kappa shape index (κ3) is 3.40. The molecular formula is C14H21N5O2. The lowest BCUT2D eigenvalue weighted by Crippen LogP contribution is -2.52. The van der Waals surface area contributed by atoms with Crippen molar-refractivity contribution in [2.24, 2.45) is 5.92 Å². The summed E-state index contributed by atoms with van der Waals surface area (Å²) < 4.78 is 1.67. The molecule has 2 fully saturated rings. The molecule has 1 aromatic rings. The van der Waals surface area contributed by atoms with E-state index in [0.717, 1.165) is 38.6 Å². The quantitative estimate of drug-likeness (QED) is 0.839. The topological polar surface area (TPSA) is 80.1 Å². The van der Waals surface area contributed by atoms with Crippen LogP contribution in [0.4, 0.5) is 0 Å². The third-order valence-corrected chi connectivity index (χ3v) is 4.13. The van der Waals surface area contributed by atoms with E-state index in [-0.39, 0.29) is 23.8 Å². The Balaban J connectivity index is 1.52. The smallest absolute Gasteiger partial charge is 0.242 e. The number of aromatic nitrogens is 3. The average molecular weight is 291 g/mol. The number of amides is 2. The Morgan fingerprint density at radius 3 is 2.81 bits per heavy atom. The van der Waals surface area contributed by atoms with Crippen LogP contribution >= 0.6 is 0 Å². The molecular weight excluding hydrogens is 270 g/mol. The molecule has 1 saturated heterocycles. The van der Waals surface area contributed by atoms with Crippen LogP contribution in [0.3, 0.4) is 0 Å². The number of likely N-dealkylation sites (tertiary alicyclic amines) is 1. The molecule has 3 rings (SSSR count). The molecule has 0 radical (unpaired) electrons. The van der Waals surface area contributed by atoms with Crippen molar-refractivity contribution < 1.29 is 9.59 Å². The van der Waals surface area contributed by atoms with E-state index >= 15 is 0 Å². The minimum Gasteiger partial charge on any atom is -0.352 e. The van der Waals surface area contributed by atoms with Crippen LogP contribution < -0.4 is 5.32 Å². The molecule has 1 atom stereocenters. The third-order valence-electron chi connectivity index (χ3n) is 4.13. The van der Waals surface area contributed by atoms with Gasteiger partial charge in [-0.05, 0) is 32.1 Å². The summed E-state index contributed by atoms with van der Waals surface area (Å²) in [4.78, 5) is 26.4. The predicted molar refractivity (Wildman–Crippen MR) is 75.1 cm³/mol. The van der Waals surface area contributed by atoms with Crippen LogP contribution in [-0.2, 0) is 16.1 Å². The lowest BCUT2D eigenvalue weighted by molar-refractivity contribution is -0.143. The van der Waals surface area contributed by atoms with Gasteiger partial charge in [0.2, 0.25) is 11.8 Å². The number of hydrogen-bond donors (Lipinski definition) is 1. The summed E-state index contributed by atoms with van der Waals surface area (Å²) in [7, 11) is 0. The van der Waals surface area contributed by atoms with Crippen LogP contribution in [-0.4, -0.2) is 50.8 Å². The highest BCUT2D eigenvalue weighted by Crippen LogP contribution is 2.33. The first-order valence-electron chi connectivity index (χ1n) is 7.68. The summed E-state index contributed by atoms with van der Waals surface area (Å²) in [6.07, 6.45) is 8.12. The normalized spacial score (nSPS) is 22.1. The summed E-state index contributed by atoms with van der Waals surface area (Å²) in [6.45, 7) is 1.82. The summed E-state index contributed by atoms with van der Waals surface area (Å²) in [5.74, 6) is 0.309. The number of piperidine rings is 1. The highest BCUT2D eigenvalue weighted by Gasteiger charge is 2.39. The van der Waals surface area contributed by atoms with Gasteiger partial charge in [-0.2, -0.15) is 0 Å². The molecule has 1 saturated carbocycles. The Hall–Kier alpha value is -1.92. The standard InChI is InChI=1S/C14H21N5O2/c20-13(15-6-9-18-10-7-16-17-18)12-3-1-2-8-19(12)14(21)11-4-5-11/h7,10-12H,1-6,8-9H2,(H,15,20). The van der Waals surface area contributed by atoms with E-state index in [9.17, 15) is 9.59 Å². The predicted octanol–water partition coefficient (Wildman–Crippen LogP) is 0.185. The largest absolute Gasteiger partial charge is 0.352 e. The number of nitrogens with one attached hydrogen (secondary N) is 1. The van der Waals surface area contributed by atoms with Gasteiger partial charge in [0.05, 0.1) is 12.7 Å². The lowest BCUT2D eigenvalue weighted by Gasteiger charge is -2.34. The first kappa shape index (κ1) is 14.0. The number of rotatable bonds is 5. The van der Waals surface area contributed by atoms with Gasteiger partial charge in [0.15, 0.2) is 0 Å². The number of carbonyl (C=O) groups excluding carboxylic acids is 2. The van der Waals surface area contributed by atoms with Gasteiger partial charge in [-0.3, -0.25) is 14.3 Å². The van der Waals surface area contributed by atoms with E-state index in [1.165, 1.54) is 0 Å². The summed E-state index contributed by atoms with van der Waals surface area (Å²) in [6, 6.07) is -0.289. The Bertz CT molecular complexity index is 497. The SMILES string of the molecule is O=C(NCCn1ccnn1)C1CCCCN1C(=O)C1CC1. The summed E-state index contributed by atoms with van der Waals surface area (Å²) in [5, 5.41) is 10.5. The molecule has 0 bridgehead atoms. The molecule has 0 spiro atoms. The minimum absolute atomic E-state index is 0.0381. The van der Waals surface area contributed by atoms with Gasteiger partial charge >= 0.3 is 0 Å². The van der Waals surface area contributed by atoms with Gasteiger partial charge in [-0.1, -0.05) is 5.21 Å². The van der Waals surface area contributed by atoms with Crippen molar-refractivity contribution in [3.8, 4) is 0 Å². The maximum absolute atomic E-state index is 12.3. The second-order valence-corrected chi connectivity index (χ2v) is 5.77. The molecule has 1 N–H and O–H groups in total. The zero-order valence-electron chi connectivity index (χ0n) is 12.1. The molecule has 7 nitrogen and oxygen atoms in total. The minimum atomic E-state index is -0.289. The van der Waals surface area contributed by atoms with E-state index in [0.29, 0.717) is 13.1 Å². The molecule has 7 heteroatoms. The highest BCUT2D eigenvalue weighted by atomic mass is 16.2. The van der Waals surface area contributed by atoms with Crippen molar-refractivity contribution in [3.63, 3.8) is 0 Å². The van der Waals surface area contributed by atoms with Gasteiger partial charge in [0.25, 0.3) is 0 Å². The fraction of sp³-hybridized carbons (Fsp3) is 0.714. The fourth-order valence-corrected chi connectivity index (χ4v) is 2.80. The lowest BCUT2D eigenvalue weighted by atomic mass is 10.0. The molecule has 2 aliphatic rings. The van der Waals surface area contributed by atoms with E-state index < -0.39 is 0 Å². The maximum Gasteiger partial charge on any atom is 0.242 e. The van der Waals surface area contributed by atoms with Crippen LogP contribution in [0.1, 0.15) is 32.1 Å². The van der Waals surface area contributed by atoms with Crippen LogP contribution in [0.5, 0.6) is 0 Å². The first-order valence-corrected chi connectivity index (χ1v) is 7.68. The average Bonchev–Trinajstić information content (AvgIpc) is 3.24. The number of carbonyl (C=O) groups is 2. The van der Waals surface area contributed by atoms with Gasteiger partial charge in [-0.15, -0.1) is 5.10 Å². The highest BCUT2D eigenvalue weighted by molar-refractivity contribution is 5.89. The van der Waals surface area contributed by atoms with E-state index in [1.807, 2.05) is 0 Å². The van der Waals surface area contributed by atoms with Crippen molar-refractivity contribution in [3.05, 3.63) is 12.4 Å². The van der Waals surface area contributed by atoms with Gasteiger partial charge < -0.3 is 10.2 Å². The molecule has 1 aromatic heterocycles. The molecule has 21 heavy (non-hydrogen) atoms. The van der Waals surface area contributed by atoms with Gasteiger partial charge in [0, 0.05) is 25.2 Å². The second kappa shape index (κ2) is 6.24. The van der Waals surface area contributed by atoms with Crippen molar-refractivity contribution in [2.75, 3.05) is 13.1 Å². The molecule has 2 heterocycles. The van der Waals surface area contributed by atoms with Crippen molar-refractivity contribution in [2.45, 2.75) is 44.7 Å². The second-order valence-electron chi connectivity index (χ2n) is 5.77. The Kier molecular flexibility index (Phi) is 4.17. The number of nitrogens with zero attached hydrogens (tertiary/aromatic N) is 4. The van der Waals surface area contributed by atoms with Crippen LogP contribution in [0.15, 0.2) is 12.4 Å². The molecule has 114 valence electrons. The number of hydrogen-bond acceptors (Lipinski definition) is 4.